The highest BCUT2D eigenvalue weighted by Crippen LogP contribution is 2.30. The van der Waals surface area contributed by atoms with Crippen LogP contribution in [-0.2, 0) is 0 Å². The summed E-state index contributed by atoms with van der Waals surface area (Å²) in [6.45, 7) is 1.80. The van der Waals surface area contributed by atoms with Crippen LogP contribution in [0.25, 0.3) is 16.5 Å². The number of nitro benzene ring substituents is 1. The summed E-state index contributed by atoms with van der Waals surface area (Å²) in [5.41, 5.74) is 1.31. The molecule has 3 rings (SSSR count). The molecule has 0 unspecified atom stereocenters. The summed E-state index contributed by atoms with van der Waals surface area (Å²) in [6.07, 6.45) is 2.86. The summed E-state index contributed by atoms with van der Waals surface area (Å²) < 4.78 is 1.42. The lowest BCUT2D eigenvalue weighted by Gasteiger charge is -2.07. The standard InChI is InChI=1S/C13H8N6O2/c1-8-4-9-10(6-15-8)12(19(20)21)3-2-11(9)18-7-16-13(5-14)17-18/h2-4,6-7H,1H3. The molecular weight excluding hydrogens is 272 g/mol. The predicted octanol–water partition coefficient (Wildman–Crippen LogP) is 1.90. The third-order valence-corrected chi connectivity index (χ3v) is 3.03. The molecule has 2 heterocycles. The maximum absolute atomic E-state index is 11.1. The molecule has 0 aliphatic heterocycles. The van der Waals surface area contributed by atoms with Crippen molar-refractivity contribution in [1.29, 1.82) is 5.26 Å². The molecule has 0 N–H and O–H groups in total. The zero-order valence-electron chi connectivity index (χ0n) is 10.9. The van der Waals surface area contributed by atoms with Gasteiger partial charge in [-0.05, 0) is 19.1 Å². The van der Waals surface area contributed by atoms with Crippen LogP contribution in [-0.4, -0.2) is 24.7 Å². The van der Waals surface area contributed by atoms with Gasteiger partial charge in [-0.2, -0.15) is 5.26 Å². The fourth-order valence-corrected chi connectivity index (χ4v) is 2.10. The van der Waals surface area contributed by atoms with Crippen LogP contribution in [0.3, 0.4) is 0 Å². The molecule has 0 radical (unpaired) electrons. The first kappa shape index (κ1) is 12.7. The van der Waals surface area contributed by atoms with Gasteiger partial charge in [-0.25, -0.2) is 9.67 Å². The largest absolute Gasteiger partial charge is 0.278 e. The van der Waals surface area contributed by atoms with E-state index in [1.165, 1.54) is 23.3 Å². The number of nitro groups is 1. The molecular formula is C13H8N6O2. The lowest BCUT2D eigenvalue weighted by molar-refractivity contribution is -0.383. The van der Waals surface area contributed by atoms with E-state index in [2.05, 4.69) is 15.1 Å². The van der Waals surface area contributed by atoms with Gasteiger partial charge in [0, 0.05) is 23.3 Å². The molecule has 0 saturated carbocycles. The third-order valence-electron chi connectivity index (χ3n) is 3.03. The van der Waals surface area contributed by atoms with E-state index in [4.69, 9.17) is 5.26 Å². The first-order valence-electron chi connectivity index (χ1n) is 5.96. The normalized spacial score (nSPS) is 10.5. The number of hydrogen-bond acceptors (Lipinski definition) is 6. The first-order valence-corrected chi connectivity index (χ1v) is 5.96. The molecule has 102 valence electrons. The summed E-state index contributed by atoms with van der Waals surface area (Å²) in [5, 5.41) is 24.9. The number of hydrogen-bond donors (Lipinski definition) is 0. The molecule has 0 spiro atoms. The van der Waals surface area contributed by atoms with Gasteiger partial charge in [0.05, 0.1) is 16.0 Å². The van der Waals surface area contributed by atoms with Gasteiger partial charge < -0.3 is 0 Å². The summed E-state index contributed by atoms with van der Waals surface area (Å²) >= 11 is 0. The van der Waals surface area contributed by atoms with Crippen LogP contribution in [0.2, 0.25) is 0 Å². The van der Waals surface area contributed by atoms with Crippen molar-refractivity contribution in [1.82, 2.24) is 19.7 Å². The van der Waals surface area contributed by atoms with Gasteiger partial charge in [0.15, 0.2) is 0 Å². The van der Waals surface area contributed by atoms with Gasteiger partial charge in [-0.15, -0.1) is 5.10 Å². The number of benzene rings is 1. The van der Waals surface area contributed by atoms with Gasteiger partial charge in [0.25, 0.3) is 11.5 Å². The van der Waals surface area contributed by atoms with Crippen molar-refractivity contribution in [2.45, 2.75) is 6.92 Å². The molecule has 8 nitrogen and oxygen atoms in total. The Morgan fingerprint density at radius 2 is 2.14 bits per heavy atom. The second-order valence-electron chi connectivity index (χ2n) is 4.36. The number of nitriles is 1. The van der Waals surface area contributed by atoms with E-state index in [1.807, 2.05) is 6.07 Å². The third kappa shape index (κ3) is 2.06. The monoisotopic (exact) mass is 280 g/mol. The summed E-state index contributed by atoms with van der Waals surface area (Å²) in [7, 11) is 0. The van der Waals surface area contributed by atoms with Crippen LogP contribution in [0.5, 0.6) is 0 Å². The van der Waals surface area contributed by atoms with E-state index in [0.717, 1.165) is 5.69 Å². The Hall–Kier alpha value is -3.34. The number of non-ortho nitro benzene ring substituents is 1. The highest BCUT2D eigenvalue weighted by atomic mass is 16.6. The minimum absolute atomic E-state index is 0.0260. The quantitative estimate of drug-likeness (QED) is 0.523. The fourth-order valence-electron chi connectivity index (χ4n) is 2.10. The van der Waals surface area contributed by atoms with Crippen molar-refractivity contribution in [3.8, 4) is 11.8 Å². The average molecular weight is 280 g/mol. The average Bonchev–Trinajstić information content (AvgIpc) is 2.94. The highest BCUT2D eigenvalue weighted by Gasteiger charge is 2.16. The van der Waals surface area contributed by atoms with E-state index in [-0.39, 0.29) is 11.5 Å². The first-order chi connectivity index (χ1) is 10.1. The Bertz CT molecular complexity index is 909. The second-order valence-corrected chi connectivity index (χ2v) is 4.36. The molecule has 0 amide bonds. The number of pyridine rings is 1. The van der Waals surface area contributed by atoms with Gasteiger partial charge in [0.1, 0.15) is 12.4 Å². The number of nitrogens with zero attached hydrogens (tertiary/aromatic N) is 6. The van der Waals surface area contributed by atoms with E-state index in [1.54, 1.807) is 19.1 Å². The topological polar surface area (TPSA) is 111 Å². The van der Waals surface area contributed by atoms with Crippen LogP contribution in [0, 0.1) is 28.4 Å². The number of aryl methyl sites for hydroxylation is 1. The molecule has 0 atom stereocenters. The highest BCUT2D eigenvalue weighted by molar-refractivity contribution is 5.96. The van der Waals surface area contributed by atoms with Crippen molar-refractivity contribution in [3.63, 3.8) is 0 Å². The maximum atomic E-state index is 11.1. The predicted molar refractivity (Wildman–Crippen MR) is 72.8 cm³/mol. The van der Waals surface area contributed by atoms with Crippen LogP contribution >= 0.6 is 0 Å². The van der Waals surface area contributed by atoms with Gasteiger partial charge in [0.2, 0.25) is 0 Å². The Kier molecular flexibility index (Phi) is 2.80. The maximum Gasteiger partial charge on any atom is 0.278 e. The number of aromatic nitrogens is 4. The number of fused-ring (bicyclic) bond motifs is 1. The van der Waals surface area contributed by atoms with E-state index < -0.39 is 4.92 Å². The summed E-state index contributed by atoms with van der Waals surface area (Å²) in [5.74, 6) is 0.0345. The second kappa shape index (κ2) is 4.64. The Labute approximate surface area is 118 Å². The Morgan fingerprint density at radius 1 is 1.33 bits per heavy atom. The van der Waals surface area contributed by atoms with E-state index in [9.17, 15) is 10.1 Å². The zero-order chi connectivity index (χ0) is 15.0. The SMILES string of the molecule is Cc1cc2c(-n3cnc(C#N)n3)ccc([N+](=O)[O-])c2cn1. The lowest BCUT2D eigenvalue weighted by Crippen LogP contribution is -1.99. The number of rotatable bonds is 2. The molecule has 2 aromatic heterocycles. The van der Waals surface area contributed by atoms with Crippen molar-refractivity contribution in [3.05, 3.63) is 52.4 Å². The van der Waals surface area contributed by atoms with Crippen molar-refractivity contribution >= 4 is 16.5 Å². The van der Waals surface area contributed by atoms with Crippen molar-refractivity contribution < 1.29 is 4.92 Å². The van der Waals surface area contributed by atoms with E-state index >= 15 is 0 Å². The van der Waals surface area contributed by atoms with Gasteiger partial charge >= 0.3 is 0 Å². The molecule has 0 saturated heterocycles. The molecule has 0 bridgehead atoms. The molecule has 0 aliphatic carbocycles. The molecule has 0 aliphatic rings. The van der Waals surface area contributed by atoms with Gasteiger partial charge in [-0.1, -0.05) is 0 Å². The minimum atomic E-state index is -0.453. The molecule has 1 aromatic carbocycles. The smallest absolute Gasteiger partial charge is 0.261 e. The van der Waals surface area contributed by atoms with Crippen LogP contribution in [0.15, 0.2) is 30.7 Å². The molecule has 3 aromatic rings. The van der Waals surface area contributed by atoms with Crippen LogP contribution in [0.1, 0.15) is 11.5 Å². The van der Waals surface area contributed by atoms with Gasteiger partial charge in [-0.3, -0.25) is 15.1 Å². The fraction of sp³-hybridized carbons (Fsp3) is 0.0769. The molecule has 21 heavy (non-hydrogen) atoms. The van der Waals surface area contributed by atoms with Crippen LogP contribution in [0.4, 0.5) is 5.69 Å². The molecule has 0 fully saturated rings. The van der Waals surface area contributed by atoms with Crippen LogP contribution < -0.4 is 0 Å². The lowest BCUT2D eigenvalue weighted by atomic mass is 10.1. The summed E-state index contributed by atoms with van der Waals surface area (Å²) in [4.78, 5) is 18.6. The summed E-state index contributed by atoms with van der Waals surface area (Å²) in [6, 6.07) is 6.55. The van der Waals surface area contributed by atoms with Crippen molar-refractivity contribution in [2.75, 3.05) is 0 Å². The Morgan fingerprint density at radius 3 is 2.81 bits per heavy atom. The molecule has 8 heteroatoms. The Balaban J connectivity index is 2.34. The zero-order valence-corrected chi connectivity index (χ0v) is 10.9. The van der Waals surface area contributed by atoms with E-state index in [0.29, 0.717) is 16.5 Å². The minimum Gasteiger partial charge on any atom is -0.261 e. The van der Waals surface area contributed by atoms with Crippen molar-refractivity contribution in [2.24, 2.45) is 0 Å².